The number of para-hydroxylation sites is 1. The van der Waals surface area contributed by atoms with Gasteiger partial charge in [0.05, 0.1) is 6.42 Å². The van der Waals surface area contributed by atoms with Crippen molar-refractivity contribution >= 4 is 22.8 Å². The molecule has 1 heterocycles. The fraction of sp³-hybridized carbons (Fsp3) is 0.304. The Balaban J connectivity index is 1.41. The van der Waals surface area contributed by atoms with Crippen LogP contribution in [0.4, 0.5) is 4.39 Å². The third-order valence-electron chi connectivity index (χ3n) is 4.69. The summed E-state index contributed by atoms with van der Waals surface area (Å²) in [7, 11) is 0. The number of hydrogen-bond acceptors (Lipinski definition) is 2. The molecule has 7 heteroatoms. The summed E-state index contributed by atoms with van der Waals surface area (Å²) in [5.74, 6) is 0.332. The molecule has 0 atom stereocenters. The number of H-pyrrole nitrogens is 1. The van der Waals surface area contributed by atoms with E-state index in [1.807, 2.05) is 25.3 Å². The Morgan fingerprint density at radius 3 is 2.60 bits per heavy atom. The van der Waals surface area contributed by atoms with Gasteiger partial charge in [-0.05, 0) is 42.7 Å². The molecule has 6 nitrogen and oxygen atoms in total. The first-order valence-corrected chi connectivity index (χ1v) is 10.2. The predicted molar refractivity (Wildman–Crippen MR) is 119 cm³/mol. The third kappa shape index (κ3) is 6.34. The molecule has 0 fully saturated rings. The molecular formula is C23H28FN5O. The van der Waals surface area contributed by atoms with E-state index in [2.05, 4.69) is 38.1 Å². The number of guanidine groups is 1. The minimum atomic E-state index is -0.303. The molecule has 0 unspecified atom stereocenters. The first kappa shape index (κ1) is 21.4. The fourth-order valence-electron chi connectivity index (χ4n) is 3.20. The minimum Gasteiger partial charge on any atom is -0.361 e. The molecule has 0 saturated heterocycles. The Hall–Kier alpha value is -3.35. The standard InChI is InChI=1S/C23H28FN5O/c1-2-25-23(27-12-11-18-16-29-21-6-4-3-5-20(18)21)28-14-13-26-22(30)15-17-7-9-19(24)10-8-17/h3-10,16,29H,2,11-15H2,1H3,(H,26,30)(H2,25,27,28). The van der Waals surface area contributed by atoms with Crippen LogP contribution < -0.4 is 16.0 Å². The van der Waals surface area contributed by atoms with E-state index in [4.69, 9.17) is 0 Å². The van der Waals surface area contributed by atoms with Gasteiger partial charge in [0.25, 0.3) is 0 Å². The van der Waals surface area contributed by atoms with E-state index in [0.717, 1.165) is 30.0 Å². The second-order valence-electron chi connectivity index (χ2n) is 6.95. The van der Waals surface area contributed by atoms with Gasteiger partial charge in [-0.25, -0.2) is 4.39 Å². The second kappa shape index (κ2) is 11.0. The molecule has 4 N–H and O–H groups in total. The largest absolute Gasteiger partial charge is 0.361 e. The molecule has 0 aliphatic carbocycles. The van der Waals surface area contributed by atoms with Crippen LogP contribution in [0.2, 0.25) is 0 Å². The SMILES string of the molecule is CCNC(=NCCc1c[nH]c2ccccc12)NCCNC(=O)Cc1ccc(F)cc1. The van der Waals surface area contributed by atoms with Crippen LogP contribution in [0.3, 0.4) is 0 Å². The topological polar surface area (TPSA) is 81.3 Å². The highest BCUT2D eigenvalue weighted by Crippen LogP contribution is 2.17. The van der Waals surface area contributed by atoms with Gasteiger partial charge >= 0.3 is 0 Å². The van der Waals surface area contributed by atoms with Crippen LogP contribution in [0.25, 0.3) is 10.9 Å². The molecule has 0 radical (unpaired) electrons. The van der Waals surface area contributed by atoms with Crippen LogP contribution in [0.15, 0.2) is 59.7 Å². The number of carbonyl (C=O) groups is 1. The molecule has 0 bridgehead atoms. The zero-order valence-corrected chi connectivity index (χ0v) is 17.2. The number of carbonyl (C=O) groups excluding carboxylic acids is 1. The molecule has 1 amide bonds. The number of benzene rings is 2. The van der Waals surface area contributed by atoms with Crippen molar-refractivity contribution in [3.8, 4) is 0 Å². The third-order valence-corrected chi connectivity index (χ3v) is 4.69. The lowest BCUT2D eigenvalue weighted by atomic mass is 10.1. The Labute approximate surface area is 176 Å². The van der Waals surface area contributed by atoms with Crippen molar-refractivity contribution in [2.75, 3.05) is 26.2 Å². The second-order valence-corrected chi connectivity index (χ2v) is 6.95. The van der Waals surface area contributed by atoms with Crippen molar-refractivity contribution in [3.63, 3.8) is 0 Å². The number of hydrogen-bond donors (Lipinski definition) is 4. The maximum Gasteiger partial charge on any atom is 0.224 e. The number of halogens is 1. The summed E-state index contributed by atoms with van der Waals surface area (Å²) in [6.45, 7) is 4.48. The first-order valence-electron chi connectivity index (χ1n) is 10.2. The molecule has 0 spiro atoms. The number of rotatable bonds is 9. The molecule has 0 aliphatic rings. The highest BCUT2D eigenvalue weighted by Gasteiger charge is 2.05. The summed E-state index contributed by atoms with van der Waals surface area (Å²) in [6.07, 6.45) is 3.12. The number of fused-ring (bicyclic) bond motifs is 1. The summed E-state index contributed by atoms with van der Waals surface area (Å²) in [4.78, 5) is 19.9. The Bertz CT molecular complexity index is 981. The maximum absolute atomic E-state index is 12.9. The van der Waals surface area contributed by atoms with Crippen LogP contribution in [-0.2, 0) is 17.6 Å². The van der Waals surface area contributed by atoms with Crippen LogP contribution in [0.5, 0.6) is 0 Å². The smallest absolute Gasteiger partial charge is 0.224 e. The van der Waals surface area contributed by atoms with Crippen LogP contribution in [-0.4, -0.2) is 43.0 Å². The Kier molecular flexibility index (Phi) is 7.83. The fourth-order valence-corrected chi connectivity index (χ4v) is 3.20. The highest BCUT2D eigenvalue weighted by molar-refractivity contribution is 5.83. The molecule has 3 rings (SSSR count). The van der Waals surface area contributed by atoms with Crippen LogP contribution in [0.1, 0.15) is 18.1 Å². The minimum absolute atomic E-state index is 0.0929. The summed E-state index contributed by atoms with van der Waals surface area (Å²) < 4.78 is 12.9. The average molecular weight is 410 g/mol. The van der Waals surface area contributed by atoms with Crippen LogP contribution >= 0.6 is 0 Å². The quantitative estimate of drug-likeness (QED) is 0.249. The Morgan fingerprint density at radius 2 is 1.80 bits per heavy atom. The molecule has 0 saturated carbocycles. The molecule has 2 aromatic carbocycles. The summed E-state index contributed by atoms with van der Waals surface area (Å²) in [5, 5.41) is 10.5. The monoisotopic (exact) mass is 409 g/mol. The molecule has 1 aromatic heterocycles. The number of nitrogens with one attached hydrogen (secondary N) is 4. The van der Waals surface area contributed by atoms with Gasteiger partial charge in [0, 0.05) is 43.3 Å². The van der Waals surface area contributed by atoms with Crippen molar-refractivity contribution in [1.82, 2.24) is 20.9 Å². The van der Waals surface area contributed by atoms with Gasteiger partial charge in [-0.15, -0.1) is 0 Å². The Morgan fingerprint density at radius 1 is 1.03 bits per heavy atom. The normalized spacial score (nSPS) is 11.5. The number of aromatic nitrogens is 1. The van der Waals surface area contributed by atoms with Gasteiger partial charge in [-0.3, -0.25) is 9.79 Å². The van der Waals surface area contributed by atoms with Gasteiger partial charge in [0.2, 0.25) is 5.91 Å². The number of nitrogens with zero attached hydrogens (tertiary/aromatic N) is 1. The van der Waals surface area contributed by atoms with Crippen molar-refractivity contribution < 1.29 is 9.18 Å². The van der Waals surface area contributed by atoms with Crippen LogP contribution in [0, 0.1) is 5.82 Å². The zero-order chi connectivity index (χ0) is 21.2. The van der Waals surface area contributed by atoms with E-state index in [1.54, 1.807) is 12.1 Å². The number of amides is 1. The maximum atomic E-state index is 12.9. The van der Waals surface area contributed by atoms with Gasteiger partial charge < -0.3 is 20.9 Å². The van der Waals surface area contributed by atoms with E-state index >= 15 is 0 Å². The van der Waals surface area contributed by atoms with Gasteiger partial charge in [-0.1, -0.05) is 30.3 Å². The average Bonchev–Trinajstić information content (AvgIpc) is 3.16. The lowest BCUT2D eigenvalue weighted by Gasteiger charge is -2.12. The summed E-state index contributed by atoms with van der Waals surface area (Å²) in [5.41, 5.74) is 3.17. The lowest BCUT2D eigenvalue weighted by molar-refractivity contribution is -0.120. The van der Waals surface area contributed by atoms with E-state index in [1.165, 1.54) is 23.1 Å². The highest BCUT2D eigenvalue weighted by atomic mass is 19.1. The zero-order valence-electron chi connectivity index (χ0n) is 17.2. The van der Waals surface area contributed by atoms with Crippen molar-refractivity contribution in [2.24, 2.45) is 4.99 Å². The number of aromatic amines is 1. The molecular weight excluding hydrogens is 381 g/mol. The van der Waals surface area contributed by atoms with E-state index in [9.17, 15) is 9.18 Å². The van der Waals surface area contributed by atoms with E-state index in [-0.39, 0.29) is 18.1 Å². The van der Waals surface area contributed by atoms with Crippen molar-refractivity contribution in [3.05, 3.63) is 71.7 Å². The summed E-state index contributed by atoms with van der Waals surface area (Å²) >= 11 is 0. The lowest BCUT2D eigenvalue weighted by Crippen LogP contribution is -2.41. The van der Waals surface area contributed by atoms with Crippen molar-refractivity contribution in [2.45, 2.75) is 19.8 Å². The van der Waals surface area contributed by atoms with E-state index in [0.29, 0.717) is 19.6 Å². The predicted octanol–water partition coefficient (Wildman–Crippen LogP) is 2.76. The number of aliphatic imine (C=N–C) groups is 1. The summed E-state index contributed by atoms with van der Waals surface area (Å²) in [6, 6.07) is 14.2. The van der Waals surface area contributed by atoms with Gasteiger partial charge in [-0.2, -0.15) is 0 Å². The van der Waals surface area contributed by atoms with E-state index < -0.39 is 0 Å². The van der Waals surface area contributed by atoms with Gasteiger partial charge in [0.1, 0.15) is 5.82 Å². The molecule has 30 heavy (non-hydrogen) atoms. The van der Waals surface area contributed by atoms with Crippen molar-refractivity contribution in [1.29, 1.82) is 0 Å². The molecule has 3 aromatic rings. The van der Waals surface area contributed by atoms with Gasteiger partial charge in [0.15, 0.2) is 5.96 Å². The molecule has 0 aliphatic heterocycles. The molecule has 158 valence electrons. The first-order chi connectivity index (χ1) is 14.7.